The maximum Gasteiger partial charge on any atom is 0.306 e. The van der Waals surface area contributed by atoms with E-state index in [2.05, 4.69) is 11.4 Å². The molecule has 25 heavy (non-hydrogen) atoms. The number of nitrogens with one attached hydrogen (secondary N) is 1. The molecule has 0 aromatic heterocycles. The summed E-state index contributed by atoms with van der Waals surface area (Å²) in [6.07, 6.45) is 1.67. The Morgan fingerprint density at radius 2 is 1.92 bits per heavy atom. The van der Waals surface area contributed by atoms with Crippen molar-refractivity contribution in [1.82, 2.24) is 5.32 Å². The minimum absolute atomic E-state index is 0.0138. The van der Waals surface area contributed by atoms with Crippen molar-refractivity contribution in [2.24, 2.45) is 5.92 Å². The van der Waals surface area contributed by atoms with Crippen LogP contribution in [0.5, 0.6) is 0 Å². The molecule has 1 aromatic rings. The number of benzene rings is 1. The molecule has 1 aliphatic carbocycles. The largest absolute Gasteiger partial charge is 0.456 e. The summed E-state index contributed by atoms with van der Waals surface area (Å²) in [5.41, 5.74) is -0.460. The van der Waals surface area contributed by atoms with Gasteiger partial charge in [0.15, 0.2) is 12.4 Å². The van der Waals surface area contributed by atoms with Crippen molar-refractivity contribution in [2.75, 3.05) is 6.61 Å². The van der Waals surface area contributed by atoms with Gasteiger partial charge in [-0.15, -0.1) is 0 Å². The Hall–Kier alpha value is -2.39. The first-order chi connectivity index (χ1) is 11.8. The number of halogens is 1. The number of carbonyl (C=O) groups is 3. The highest BCUT2D eigenvalue weighted by Crippen LogP contribution is 2.39. The Balaban J connectivity index is 1.71. The average molecular weight is 363 g/mol. The first kappa shape index (κ1) is 18.9. The number of nitrogens with zero attached hydrogens (tertiary/aromatic N) is 1. The van der Waals surface area contributed by atoms with Crippen LogP contribution >= 0.6 is 11.6 Å². The van der Waals surface area contributed by atoms with E-state index in [1.54, 1.807) is 31.2 Å². The molecule has 0 unspecified atom stereocenters. The minimum Gasteiger partial charge on any atom is -0.456 e. The van der Waals surface area contributed by atoms with Gasteiger partial charge in [-0.25, -0.2) is 0 Å². The summed E-state index contributed by atoms with van der Waals surface area (Å²) in [6, 6.07) is 8.47. The highest BCUT2D eigenvalue weighted by Gasteiger charge is 2.43. The number of esters is 1. The second-order valence-electron chi connectivity index (χ2n) is 6.23. The number of ketones is 1. The standard InChI is InChI=1S/C18H19ClN2O4/c1-18(11-20,13-4-5-13)21-16(23)10-25-17(24)9-8-15(22)12-2-6-14(19)7-3-12/h2-3,6-7,13H,4-5,8-10H2,1H3,(H,21,23)/t18-/m0/s1. The minimum atomic E-state index is -0.923. The average Bonchev–Trinajstić information content (AvgIpc) is 3.44. The summed E-state index contributed by atoms with van der Waals surface area (Å²) < 4.78 is 4.87. The van der Waals surface area contributed by atoms with Gasteiger partial charge in [-0.05, 0) is 49.9 Å². The smallest absolute Gasteiger partial charge is 0.306 e. The van der Waals surface area contributed by atoms with Crippen LogP contribution in [0.15, 0.2) is 24.3 Å². The van der Waals surface area contributed by atoms with Crippen LogP contribution in [0.25, 0.3) is 0 Å². The molecule has 0 aliphatic heterocycles. The Kier molecular flexibility index (Phi) is 6.16. The molecule has 6 nitrogen and oxygen atoms in total. The molecule has 7 heteroatoms. The van der Waals surface area contributed by atoms with Crippen molar-refractivity contribution in [3.63, 3.8) is 0 Å². The van der Waals surface area contributed by atoms with Crippen LogP contribution in [0.3, 0.4) is 0 Å². The van der Waals surface area contributed by atoms with Crippen molar-refractivity contribution in [2.45, 2.75) is 38.1 Å². The van der Waals surface area contributed by atoms with Crippen LogP contribution in [-0.2, 0) is 14.3 Å². The predicted octanol–water partition coefficient (Wildman–Crippen LogP) is 2.65. The van der Waals surface area contributed by atoms with Gasteiger partial charge in [-0.2, -0.15) is 5.26 Å². The van der Waals surface area contributed by atoms with Gasteiger partial charge in [0.25, 0.3) is 5.91 Å². The Morgan fingerprint density at radius 1 is 1.28 bits per heavy atom. The van der Waals surface area contributed by atoms with Crippen molar-refractivity contribution in [3.8, 4) is 6.07 Å². The fourth-order valence-corrected chi connectivity index (χ4v) is 2.55. The first-order valence-electron chi connectivity index (χ1n) is 8.00. The molecule has 0 saturated heterocycles. The molecule has 0 spiro atoms. The second kappa shape index (κ2) is 8.13. The highest BCUT2D eigenvalue weighted by molar-refractivity contribution is 6.30. The van der Waals surface area contributed by atoms with Crippen molar-refractivity contribution >= 4 is 29.3 Å². The van der Waals surface area contributed by atoms with E-state index in [4.69, 9.17) is 16.3 Å². The third-order valence-electron chi connectivity index (χ3n) is 4.11. The van der Waals surface area contributed by atoms with Gasteiger partial charge in [0.05, 0.1) is 12.5 Å². The number of carbonyl (C=O) groups excluding carboxylic acids is 3. The number of nitriles is 1. The molecule has 0 bridgehead atoms. The predicted molar refractivity (Wildman–Crippen MR) is 90.9 cm³/mol. The zero-order valence-corrected chi connectivity index (χ0v) is 14.6. The summed E-state index contributed by atoms with van der Waals surface area (Å²) in [5, 5.41) is 12.3. The van der Waals surface area contributed by atoms with E-state index in [0.717, 1.165) is 12.8 Å². The number of hydrogen-bond acceptors (Lipinski definition) is 5. The summed E-state index contributed by atoms with van der Waals surface area (Å²) in [5.74, 6) is -1.21. The summed E-state index contributed by atoms with van der Waals surface area (Å²) in [4.78, 5) is 35.4. The fourth-order valence-electron chi connectivity index (χ4n) is 2.42. The van der Waals surface area contributed by atoms with Gasteiger partial charge in [0, 0.05) is 17.0 Å². The van der Waals surface area contributed by atoms with E-state index in [1.807, 2.05) is 0 Å². The molecule has 1 saturated carbocycles. The maximum atomic E-state index is 11.9. The number of amides is 1. The third-order valence-corrected chi connectivity index (χ3v) is 4.36. The van der Waals surface area contributed by atoms with Crippen molar-refractivity contribution in [1.29, 1.82) is 5.26 Å². The third kappa shape index (κ3) is 5.57. The second-order valence-corrected chi connectivity index (χ2v) is 6.66. The SMILES string of the molecule is C[C@@](C#N)(NC(=O)COC(=O)CCC(=O)c1ccc(Cl)cc1)C1CC1. The first-order valence-corrected chi connectivity index (χ1v) is 8.38. The van der Waals surface area contributed by atoms with E-state index in [1.165, 1.54) is 0 Å². The lowest BCUT2D eigenvalue weighted by Gasteiger charge is -2.22. The zero-order valence-electron chi connectivity index (χ0n) is 13.9. The molecule has 1 N–H and O–H groups in total. The van der Waals surface area contributed by atoms with Crippen LogP contribution in [0.4, 0.5) is 0 Å². The number of rotatable bonds is 8. The zero-order chi connectivity index (χ0) is 18.4. The molecule has 0 heterocycles. The topological polar surface area (TPSA) is 96.3 Å². The van der Waals surface area contributed by atoms with Gasteiger partial charge in [0.2, 0.25) is 0 Å². The molecule has 1 aromatic carbocycles. The lowest BCUT2D eigenvalue weighted by Crippen LogP contribution is -2.48. The number of ether oxygens (including phenoxy) is 1. The quantitative estimate of drug-likeness (QED) is 0.566. The van der Waals surface area contributed by atoms with Gasteiger partial charge in [0.1, 0.15) is 5.54 Å². The molecular formula is C18H19ClN2O4. The van der Waals surface area contributed by atoms with E-state index in [9.17, 15) is 19.6 Å². The van der Waals surface area contributed by atoms with E-state index >= 15 is 0 Å². The number of hydrogen-bond donors (Lipinski definition) is 1. The van der Waals surface area contributed by atoms with Crippen LogP contribution in [0.1, 0.15) is 43.0 Å². The molecule has 1 aliphatic rings. The molecule has 132 valence electrons. The van der Waals surface area contributed by atoms with Crippen LogP contribution in [0, 0.1) is 17.2 Å². The van der Waals surface area contributed by atoms with Crippen molar-refractivity contribution in [3.05, 3.63) is 34.9 Å². The lowest BCUT2D eigenvalue weighted by molar-refractivity contribution is -0.148. The molecule has 0 radical (unpaired) electrons. The van der Waals surface area contributed by atoms with E-state index < -0.39 is 24.0 Å². The molecular weight excluding hydrogens is 344 g/mol. The van der Waals surface area contributed by atoms with Gasteiger partial charge < -0.3 is 10.1 Å². The lowest BCUT2D eigenvalue weighted by atomic mass is 9.98. The van der Waals surface area contributed by atoms with E-state index in [-0.39, 0.29) is 24.5 Å². The summed E-state index contributed by atoms with van der Waals surface area (Å²) >= 11 is 5.75. The van der Waals surface area contributed by atoms with Crippen molar-refractivity contribution < 1.29 is 19.1 Å². The van der Waals surface area contributed by atoms with Gasteiger partial charge in [-0.1, -0.05) is 11.6 Å². The van der Waals surface area contributed by atoms with Gasteiger partial charge in [-0.3, -0.25) is 14.4 Å². The van der Waals surface area contributed by atoms with Crippen LogP contribution in [-0.4, -0.2) is 29.8 Å². The Labute approximate surface area is 151 Å². The molecule has 2 rings (SSSR count). The van der Waals surface area contributed by atoms with E-state index in [0.29, 0.717) is 10.6 Å². The maximum absolute atomic E-state index is 11.9. The fraction of sp³-hybridized carbons (Fsp3) is 0.444. The highest BCUT2D eigenvalue weighted by atomic mass is 35.5. The van der Waals surface area contributed by atoms with Crippen LogP contribution < -0.4 is 5.32 Å². The summed E-state index contributed by atoms with van der Waals surface area (Å²) in [7, 11) is 0. The Morgan fingerprint density at radius 3 is 2.48 bits per heavy atom. The van der Waals surface area contributed by atoms with Gasteiger partial charge >= 0.3 is 5.97 Å². The summed E-state index contributed by atoms with van der Waals surface area (Å²) in [6.45, 7) is 1.20. The molecule has 1 atom stereocenters. The normalized spacial score (nSPS) is 15.6. The van der Waals surface area contributed by atoms with Crippen LogP contribution in [0.2, 0.25) is 5.02 Å². The number of Topliss-reactive ketones (excluding diaryl/α,β-unsaturated/α-hetero) is 1. The monoisotopic (exact) mass is 362 g/mol. The molecule has 1 fully saturated rings. The molecule has 1 amide bonds. The Bertz CT molecular complexity index is 707.